The number of imide groups is 1. The third-order valence-corrected chi connectivity index (χ3v) is 11.2. The van der Waals surface area contributed by atoms with Gasteiger partial charge in [-0.25, -0.2) is 22.0 Å². The number of likely N-dealkylation sites (tertiary alicyclic amines) is 1. The first-order valence-corrected chi connectivity index (χ1v) is 14.6. The number of halogens is 8. The number of rotatable bonds is 5. The minimum Gasteiger partial charge on any atom is -0.342 e. The summed E-state index contributed by atoms with van der Waals surface area (Å²) in [7, 11) is -4.54. The largest absolute Gasteiger partial charge is 0.435 e. The number of hydrogen-bond acceptors (Lipinski definition) is 5. The van der Waals surface area contributed by atoms with Gasteiger partial charge in [0.05, 0.1) is 4.90 Å². The Kier molecular flexibility index (Phi) is 7.29. The van der Waals surface area contributed by atoms with E-state index in [1.807, 2.05) is 0 Å². The summed E-state index contributed by atoms with van der Waals surface area (Å²) >= 11 is 0. The zero-order valence-corrected chi connectivity index (χ0v) is 23.2. The number of sulfone groups is 1. The maximum absolute atomic E-state index is 14.6. The Bertz CT molecular complexity index is 1580. The monoisotopic (exact) mass is 653 g/mol. The van der Waals surface area contributed by atoms with Crippen molar-refractivity contribution >= 4 is 27.7 Å². The molecular weight excluding hydrogens is 630 g/mol. The molecule has 0 bridgehead atoms. The Labute approximate surface area is 244 Å². The van der Waals surface area contributed by atoms with Gasteiger partial charge in [0.25, 0.3) is 5.91 Å². The molecule has 0 atom stereocenters. The molecule has 8 nitrogen and oxygen atoms in total. The number of amides is 4. The van der Waals surface area contributed by atoms with E-state index in [0.29, 0.717) is 12.1 Å². The first kappa shape index (κ1) is 31.7. The van der Waals surface area contributed by atoms with Gasteiger partial charge in [0.2, 0.25) is 5.91 Å². The molecule has 1 aliphatic carbocycles. The Morgan fingerprint density at radius 3 is 1.82 bits per heavy atom. The first-order valence-electron chi connectivity index (χ1n) is 13.1. The molecule has 2 aromatic rings. The molecule has 2 heterocycles. The van der Waals surface area contributed by atoms with E-state index in [1.54, 1.807) is 0 Å². The van der Waals surface area contributed by atoms with E-state index in [1.165, 1.54) is 4.90 Å². The van der Waals surface area contributed by atoms with Crippen LogP contribution in [0.1, 0.15) is 36.8 Å². The summed E-state index contributed by atoms with van der Waals surface area (Å²) in [5.41, 5.74) is -9.03. The Hall–Kier alpha value is -3.76. The molecule has 3 fully saturated rings. The lowest BCUT2D eigenvalue weighted by molar-refractivity contribution is -0.348. The van der Waals surface area contributed by atoms with Crippen LogP contribution in [0.5, 0.6) is 0 Å². The molecule has 0 unspecified atom stereocenters. The zero-order chi connectivity index (χ0) is 32.5. The molecule has 5 rings (SSSR count). The number of nitrogens with one attached hydrogen (secondary N) is 2. The number of carbonyl (C=O) groups is 3. The molecule has 44 heavy (non-hydrogen) atoms. The van der Waals surface area contributed by atoms with Crippen LogP contribution in [0.2, 0.25) is 0 Å². The van der Waals surface area contributed by atoms with Crippen LogP contribution in [-0.2, 0) is 29.8 Å². The number of hydrogen-bond donors (Lipinski definition) is 2. The molecule has 3 aliphatic rings. The smallest absolute Gasteiger partial charge is 0.342 e. The molecule has 0 radical (unpaired) electrons. The molecule has 2 aromatic carbocycles. The van der Waals surface area contributed by atoms with E-state index in [2.05, 4.69) is 10.6 Å². The van der Waals surface area contributed by atoms with Gasteiger partial charge in [-0.1, -0.05) is 24.3 Å². The SMILES string of the molecule is O=C1NC(=O)C2(CCN(C(=O)[C@H]3C[C@@](c4ccc(C(F)(C(F)(F)F)C(F)(F)F)cc4)(S(=O)(=O)c4ccc(F)cc4)C3)CC2)N1. The van der Waals surface area contributed by atoms with Crippen LogP contribution in [0.25, 0.3) is 0 Å². The molecule has 1 spiro atoms. The van der Waals surface area contributed by atoms with Crippen molar-refractivity contribution in [1.82, 2.24) is 15.5 Å². The van der Waals surface area contributed by atoms with Crippen LogP contribution in [0.4, 0.5) is 39.9 Å². The maximum atomic E-state index is 14.6. The van der Waals surface area contributed by atoms with Crippen molar-refractivity contribution in [3.05, 3.63) is 65.5 Å². The van der Waals surface area contributed by atoms with Crippen molar-refractivity contribution in [2.75, 3.05) is 13.1 Å². The molecule has 2 saturated heterocycles. The normalized spacial score (nSPS) is 24.1. The van der Waals surface area contributed by atoms with Crippen molar-refractivity contribution in [1.29, 1.82) is 0 Å². The highest BCUT2D eigenvalue weighted by atomic mass is 32.2. The minimum absolute atomic E-state index is 0.0307. The Balaban J connectivity index is 1.45. The summed E-state index contributed by atoms with van der Waals surface area (Å²) < 4.78 is 134. The van der Waals surface area contributed by atoms with Gasteiger partial charge in [0.15, 0.2) is 9.84 Å². The van der Waals surface area contributed by atoms with Crippen molar-refractivity contribution in [2.45, 2.75) is 58.9 Å². The quantitative estimate of drug-likeness (QED) is 0.283. The van der Waals surface area contributed by atoms with Crippen molar-refractivity contribution in [2.24, 2.45) is 5.92 Å². The lowest BCUT2D eigenvalue weighted by Crippen LogP contribution is -2.59. The summed E-state index contributed by atoms with van der Waals surface area (Å²) in [5, 5.41) is 4.66. The van der Waals surface area contributed by atoms with E-state index in [0.717, 1.165) is 24.3 Å². The third-order valence-electron chi connectivity index (χ3n) is 8.67. The van der Waals surface area contributed by atoms with E-state index >= 15 is 0 Å². The lowest BCUT2D eigenvalue weighted by atomic mass is 9.69. The fourth-order valence-corrected chi connectivity index (χ4v) is 8.33. The number of alkyl halides is 7. The number of piperidine rings is 1. The molecule has 4 amide bonds. The standard InChI is InChI=1S/C27H23F8N3O5S/c28-18-5-7-19(8-6-18)44(42,43)24(16-1-3-17(4-2-16)25(29,26(30,31)32)27(33,34)35)13-15(14-24)20(39)38-11-9-23(10-12-38)21(40)36-22(41)37-23/h1-8,15H,9-14H2,(H2,36,37,40,41)/t15-,24+. The average molecular weight is 654 g/mol. The van der Waals surface area contributed by atoms with Gasteiger partial charge in [-0.2, -0.15) is 26.3 Å². The summed E-state index contributed by atoms with van der Waals surface area (Å²) in [6.45, 7) is 0.0613. The van der Waals surface area contributed by atoms with Gasteiger partial charge in [-0.05, 0) is 55.5 Å². The van der Waals surface area contributed by atoms with Crippen LogP contribution < -0.4 is 10.6 Å². The second-order valence-electron chi connectivity index (χ2n) is 11.1. The average Bonchev–Trinajstić information content (AvgIpc) is 3.18. The fraction of sp³-hybridized carbons (Fsp3) is 0.444. The van der Waals surface area contributed by atoms with Crippen LogP contribution in [0.3, 0.4) is 0 Å². The maximum Gasteiger partial charge on any atom is 0.435 e. The third kappa shape index (κ3) is 4.70. The molecule has 2 N–H and O–H groups in total. The first-order chi connectivity index (χ1) is 20.3. The van der Waals surface area contributed by atoms with E-state index < -0.39 is 91.0 Å². The zero-order valence-electron chi connectivity index (χ0n) is 22.4. The minimum atomic E-state index is -6.38. The number of benzene rings is 2. The number of carbonyl (C=O) groups excluding carboxylic acids is 3. The molecule has 1 saturated carbocycles. The van der Waals surface area contributed by atoms with Crippen LogP contribution in [0, 0.1) is 11.7 Å². The van der Waals surface area contributed by atoms with Gasteiger partial charge >= 0.3 is 24.1 Å². The summed E-state index contributed by atoms with van der Waals surface area (Å²) in [6.07, 6.45) is -13.5. The van der Waals surface area contributed by atoms with E-state index in [-0.39, 0.29) is 43.6 Å². The molecule has 2 aliphatic heterocycles. The fourth-order valence-electron chi connectivity index (χ4n) is 6.10. The van der Waals surface area contributed by atoms with E-state index in [4.69, 9.17) is 0 Å². The predicted octanol–water partition coefficient (Wildman–Crippen LogP) is 4.39. The number of urea groups is 1. The van der Waals surface area contributed by atoms with Gasteiger partial charge < -0.3 is 10.2 Å². The Morgan fingerprint density at radius 2 is 1.36 bits per heavy atom. The van der Waals surface area contributed by atoms with Crippen molar-refractivity contribution in [3.8, 4) is 0 Å². The topological polar surface area (TPSA) is 113 Å². The second kappa shape index (κ2) is 10.1. The van der Waals surface area contributed by atoms with Crippen LogP contribution >= 0.6 is 0 Å². The van der Waals surface area contributed by atoms with Gasteiger partial charge in [0, 0.05) is 24.6 Å². The molecular formula is C27H23F8N3O5S. The predicted molar refractivity (Wildman–Crippen MR) is 135 cm³/mol. The highest BCUT2D eigenvalue weighted by Crippen LogP contribution is 2.57. The van der Waals surface area contributed by atoms with Crippen LogP contribution in [0.15, 0.2) is 53.4 Å². The molecule has 17 heteroatoms. The highest BCUT2D eigenvalue weighted by molar-refractivity contribution is 7.92. The second-order valence-corrected chi connectivity index (χ2v) is 13.4. The van der Waals surface area contributed by atoms with Gasteiger partial charge in [-0.3, -0.25) is 14.9 Å². The molecule has 238 valence electrons. The van der Waals surface area contributed by atoms with Crippen molar-refractivity contribution < 1.29 is 57.9 Å². The Morgan fingerprint density at radius 1 is 0.841 bits per heavy atom. The number of nitrogens with zero attached hydrogens (tertiary/aromatic N) is 1. The van der Waals surface area contributed by atoms with Crippen LogP contribution in [-0.4, -0.2) is 62.1 Å². The lowest BCUT2D eigenvalue weighted by Gasteiger charge is -2.48. The van der Waals surface area contributed by atoms with Crippen molar-refractivity contribution in [3.63, 3.8) is 0 Å². The summed E-state index contributed by atoms with van der Waals surface area (Å²) in [4.78, 5) is 38.1. The van der Waals surface area contributed by atoms with E-state index in [9.17, 15) is 57.9 Å². The summed E-state index contributed by atoms with van der Waals surface area (Å²) in [5.74, 6) is -2.79. The highest BCUT2D eigenvalue weighted by Gasteiger charge is 2.73. The van der Waals surface area contributed by atoms with Gasteiger partial charge in [0.1, 0.15) is 16.1 Å². The molecule has 0 aromatic heterocycles. The van der Waals surface area contributed by atoms with Gasteiger partial charge in [-0.15, -0.1) is 0 Å². The summed E-state index contributed by atoms with van der Waals surface area (Å²) in [6, 6.07) is 4.58.